The Hall–Kier alpha value is -2.13. The summed E-state index contributed by atoms with van der Waals surface area (Å²) in [6.45, 7) is 6.75. The van der Waals surface area contributed by atoms with E-state index in [1.807, 2.05) is 28.8 Å². The fourth-order valence-electron chi connectivity index (χ4n) is 2.78. The molecule has 3 nitrogen and oxygen atoms in total. The van der Waals surface area contributed by atoms with Crippen molar-refractivity contribution in [3.63, 3.8) is 0 Å². The lowest BCUT2D eigenvalue weighted by molar-refractivity contribution is 0.157. The molecule has 0 radical (unpaired) electrons. The van der Waals surface area contributed by atoms with Crippen LogP contribution in [0.25, 0.3) is 11.0 Å². The fourth-order valence-corrected chi connectivity index (χ4v) is 2.78. The molecule has 3 heteroatoms. The number of aliphatic hydroxyl groups excluding tert-OH is 1. The van der Waals surface area contributed by atoms with E-state index < -0.39 is 6.10 Å². The van der Waals surface area contributed by atoms with E-state index in [0.717, 1.165) is 22.2 Å². The summed E-state index contributed by atoms with van der Waals surface area (Å²) in [5, 5.41) is 10.6. The van der Waals surface area contributed by atoms with Crippen molar-refractivity contribution in [1.82, 2.24) is 9.55 Å². The summed E-state index contributed by atoms with van der Waals surface area (Å²) in [5.41, 5.74) is 6.62. The monoisotopic (exact) mass is 280 g/mol. The van der Waals surface area contributed by atoms with Crippen LogP contribution in [-0.4, -0.2) is 14.7 Å². The smallest absolute Gasteiger partial charge is 0.0972 e. The second-order valence-electron chi connectivity index (χ2n) is 5.69. The fraction of sp³-hybridized carbons (Fsp3) is 0.278. The number of nitrogens with zero attached hydrogens (tertiary/aromatic N) is 2. The molecular weight excluding hydrogens is 260 g/mol. The number of aromatic nitrogens is 2. The van der Waals surface area contributed by atoms with Gasteiger partial charge in [-0.05, 0) is 55.2 Å². The molecule has 3 aromatic rings. The van der Waals surface area contributed by atoms with E-state index in [0.29, 0.717) is 6.54 Å². The normalized spacial score (nSPS) is 12.8. The largest absolute Gasteiger partial charge is 0.387 e. The van der Waals surface area contributed by atoms with Crippen LogP contribution >= 0.6 is 0 Å². The Labute approximate surface area is 124 Å². The maximum atomic E-state index is 10.6. The van der Waals surface area contributed by atoms with Crippen molar-refractivity contribution in [2.45, 2.75) is 33.4 Å². The molecule has 1 atom stereocenters. The van der Waals surface area contributed by atoms with Crippen molar-refractivity contribution in [1.29, 1.82) is 0 Å². The summed E-state index contributed by atoms with van der Waals surface area (Å²) in [6, 6.07) is 12.2. The van der Waals surface area contributed by atoms with E-state index in [2.05, 4.69) is 37.9 Å². The lowest BCUT2D eigenvalue weighted by Gasteiger charge is -2.17. The zero-order valence-electron chi connectivity index (χ0n) is 12.7. The van der Waals surface area contributed by atoms with Gasteiger partial charge in [0.2, 0.25) is 0 Å². The summed E-state index contributed by atoms with van der Waals surface area (Å²) >= 11 is 0. The van der Waals surface area contributed by atoms with Crippen LogP contribution in [0.1, 0.15) is 28.4 Å². The Morgan fingerprint density at radius 3 is 2.57 bits per heavy atom. The van der Waals surface area contributed by atoms with E-state index in [1.54, 1.807) is 6.33 Å². The first-order chi connectivity index (χ1) is 10.1. The Bertz CT molecular complexity index is 789. The number of hydrogen-bond donors (Lipinski definition) is 1. The Morgan fingerprint density at radius 1 is 1.05 bits per heavy atom. The van der Waals surface area contributed by atoms with E-state index in [1.165, 1.54) is 11.1 Å². The first-order valence-electron chi connectivity index (χ1n) is 7.22. The zero-order chi connectivity index (χ0) is 15.0. The molecule has 1 aromatic heterocycles. The Morgan fingerprint density at radius 2 is 1.76 bits per heavy atom. The van der Waals surface area contributed by atoms with E-state index >= 15 is 0 Å². The molecular formula is C18H20N2O. The van der Waals surface area contributed by atoms with Crippen molar-refractivity contribution >= 4 is 11.0 Å². The summed E-state index contributed by atoms with van der Waals surface area (Å²) in [5.74, 6) is 0. The Kier molecular flexibility index (Phi) is 3.52. The third-order valence-electron chi connectivity index (χ3n) is 4.14. The molecule has 1 heterocycles. The number of imidazole rings is 1. The first-order valence-corrected chi connectivity index (χ1v) is 7.22. The predicted molar refractivity (Wildman–Crippen MR) is 85.3 cm³/mol. The topological polar surface area (TPSA) is 38.0 Å². The molecule has 0 saturated carbocycles. The highest BCUT2D eigenvalue weighted by molar-refractivity contribution is 5.74. The molecule has 21 heavy (non-hydrogen) atoms. The predicted octanol–water partition coefficient (Wildman–Crippen LogP) is 3.70. The zero-order valence-corrected chi connectivity index (χ0v) is 12.7. The van der Waals surface area contributed by atoms with Crippen molar-refractivity contribution in [3.8, 4) is 0 Å². The highest BCUT2D eigenvalue weighted by Crippen LogP contribution is 2.24. The third kappa shape index (κ3) is 2.57. The van der Waals surface area contributed by atoms with E-state index in [9.17, 15) is 5.11 Å². The molecule has 1 N–H and O–H groups in total. The van der Waals surface area contributed by atoms with Gasteiger partial charge in [0.25, 0.3) is 0 Å². The van der Waals surface area contributed by atoms with Gasteiger partial charge in [0.1, 0.15) is 0 Å². The van der Waals surface area contributed by atoms with Crippen LogP contribution in [0.5, 0.6) is 0 Å². The van der Waals surface area contributed by atoms with Gasteiger partial charge in [-0.2, -0.15) is 0 Å². The molecule has 3 rings (SSSR count). The lowest BCUT2D eigenvalue weighted by Crippen LogP contribution is -2.10. The number of fused-ring (bicyclic) bond motifs is 1. The van der Waals surface area contributed by atoms with E-state index in [4.69, 9.17) is 0 Å². The first kappa shape index (κ1) is 13.8. The number of aliphatic hydroxyl groups is 1. The van der Waals surface area contributed by atoms with Crippen molar-refractivity contribution < 1.29 is 5.11 Å². The second-order valence-corrected chi connectivity index (χ2v) is 5.69. The minimum Gasteiger partial charge on any atom is -0.387 e. The van der Waals surface area contributed by atoms with Crippen LogP contribution in [0.2, 0.25) is 0 Å². The van der Waals surface area contributed by atoms with Gasteiger partial charge < -0.3 is 9.67 Å². The molecule has 0 aliphatic heterocycles. The quantitative estimate of drug-likeness (QED) is 0.794. The lowest BCUT2D eigenvalue weighted by atomic mass is 9.97. The number of hydrogen-bond acceptors (Lipinski definition) is 2. The van der Waals surface area contributed by atoms with Crippen LogP contribution in [0.15, 0.2) is 42.7 Å². The second kappa shape index (κ2) is 5.34. The van der Waals surface area contributed by atoms with Crippen molar-refractivity contribution in [2.75, 3.05) is 0 Å². The maximum absolute atomic E-state index is 10.6. The van der Waals surface area contributed by atoms with Gasteiger partial charge >= 0.3 is 0 Å². The van der Waals surface area contributed by atoms with Gasteiger partial charge in [-0.25, -0.2) is 4.98 Å². The molecule has 2 aromatic carbocycles. The molecule has 0 fully saturated rings. The van der Waals surface area contributed by atoms with Gasteiger partial charge in [-0.1, -0.05) is 24.3 Å². The number of para-hydroxylation sites is 2. The molecule has 0 aliphatic rings. The average molecular weight is 280 g/mol. The molecule has 0 bridgehead atoms. The highest BCUT2D eigenvalue weighted by atomic mass is 16.3. The van der Waals surface area contributed by atoms with Crippen LogP contribution in [0, 0.1) is 20.8 Å². The van der Waals surface area contributed by atoms with Crippen LogP contribution in [0.3, 0.4) is 0 Å². The minimum absolute atomic E-state index is 0.518. The SMILES string of the molecule is Cc1cc(C)c(C(O)Cn2cnc3ccccc32)cc1C. The maximum Gasteiger partial charge on any atom is 0.0972 e. The molecule has 108 valence electrons. The van der Waals surface area contributed by atoms with Crippen LogP contribution in [-0.2, 0) is 6.54 Å². The van der Waals surface area contributed by atoms with E-state index in [-0.39, 0.29) is 0 Å². The Balaban J connectivity index is 1.93. The summed E-state index contributed by atoms with van der Waals surface area (Å²) < 4.78 is 2.01. The van der Waals surface area contributed by atoms with Gasteiger partial charge in [0, 0.05) is 0 Å². The summed E-state index contributed by atoms with van der Waals surface area (Å²) in [4.78, 5) is 4.37. The van der Waals surface area contributed by atoms with Gasteiger partial charge in [0.15, 0.2) is 0 Å². The number of benzene rings is 2. The van der Waals surface area contributed by atoms with Crippen molar-refractivity contribution in [2.24, 2.45) is 0 Å². The highest BCUT2D eigenvalue weighted by Gasteiger charge is 2.14. The van der Waals surface area contributed by atoms with Crippen LogP contribution in [0.4, 0.5) is 0 Å². The van der Waals surface area contributed by atoms with Crippen LogP contribution < -0.4 is 0 Å². The number of aryl methyl sites for hydroxylation is 3. The minimum atomic E-state index is -0.526. The number of rotatable bonds is 3. The third-order valence-corrected chi connectivity index (χ3v) is 4.14. The molecule has 0 saturated heterocycles. The van der Waals surface area contributed by atoms with Gasteiger partial charge in [0.05, 0.1) is 30.0 Å². The average Bonchev–Trinajstić information content (AvgIpc) is 2.86. The summed E-state index contributed by atoms with van der Waals surface area (Å²) in [6.07, 6.45) is 1.27. The van der Waals surface area contributed by atoms with Crippen molar-refractivity contribution in [3.05, 3.63) is 65.0 Å². The molecule has 1 unspecified atom stereocenters. The summed E-state index contributed by atoms with van der Waals surface area (Å²) in [7, 11) is 0. The molecule has 0 amide bonds. The van der Waals surface area contributed by atoms with Gasteiger partial charge in [-0.15, -0.1) is 0 Å². The van der Waals surface area contributed by atoms with Gasteiger partial charge in [-0.3, -0.25) is 0 Å². The molecule has 0 spiro atoms. The molecule has 0 aliphatic carbocycles. The standard InChI is InChI=1S/C18H20N2O/c1-12-8-14(3)15(9-13(12)2)18(21)10-20-11-19-16-6-4-5-7-17(16)20/h4-9,11,18,21H,10H2,1-3H3.